The Morgan fingerprint density at radius 2 is 2.13 bits per heavy atom. The number of aromatic nitrogens is 2. The molecule has 3 unspecified atom stereocenters. The molecule has 0 spiro atoms. The molecule has 7 heteroatoms. The van der Waals surface area contributed by atoms with Crippen molar-refractivity contribution in [2.45, 2.75) is 39.8 Å². The first-order valence-electron chi connectivity index (χ1n) is 10.8. The summed E-state index contributed by atoms with van der Waals surface area (Å²) in [5.74, 6) is 2.02. The van der Waals surface area contributed by atoms with E-state index in [-0.39, 0.29) is 24.0 Å². The Kier molecular flexibility index (Phi) is 10.6. The molecule has 6 nitrogen and oxygen atoms in total. The third-order valence-corrected chi connectivity index (χ3v) is 5.53. The van der Waals surface area contributed by atoms with E-state index < -0.39 is 0 Å². The van der Waals surface area contributed by atoms with Crippen LogP contribution in [0.1, 0.15) is 38.8 Å². The van der Waals surface area contributed by atoms with Crippen LogP contribution >= 0.6 is 24.0 Å². The highest BCUT2D eigenvalue weighted by Gasteiger charge is 2.28. The number of nitrogens with zero attached hydrogens (tertiary/aromatic N) is 4. The van der Waals surface area contributed by atoms with Gasteiger partial charge in [-0.1, -0.05) is 44.2 Å². The van der Waals surface area contributed by atoms with Crippen molar-refractivity contribution in [2.75, 3.05) is 32.8 Å². The third-order valence-electron chi connectivity index (χ3n) is 5.53. The molecule has 3 atom stereocenters. The van der Waals surface area contributed by atoms with E-state index in [2.05, 4.69) is 58.9 Å². The first-order chi connectivity index (χ1) is 14.2. The Morgan fingerprint density at radius 1 is 1.33 bits per heavy atom. The Hall–Kier alpha value is -1.61. The Bertz CT molecular complexity index is 737. The Labute approximate surface area is 198 Å². The van der Waals surface area contributed by atoms with Crippen molar-refractivity contribution >= 4 is 29.9 Å². The van der Waals surface area contributed by atoms with Crippen LogP contribution in [0.5, 0.6) is 0 Å². The molecule has 0 saturated carbocycles. The van der Waals surface area contributed by atoms with E-state index in [1.165, 1.54) is 5.56 Å². The quantitative estimate of drug-likeness (QED) is 0.319. The molecule has 1 aliphatic rings. The minimum absolute atomic E-state index is 0. The van der Waals surface area contributed by atoms with E-state index in [4.69, 9.17) is 9.73 Å². The third kappa shape index (κ3) is 7.27. The summed E-state index contributed by atoms with van der Waals surface area (Å²) in [5, 5.41) is 3.48. The van der Waals surface area contributed by atoms with E-state index >= 15 is 0 Å². The molecule has 2 heterocycles. The number of imidazole rings is 1. The number of nitrogens with one attached hydrogen (secondary N) is 1. The van der Waals surface area contributed by atoms with Gasteiger partial charge in [-0.25, -0.2) is 4.98 Å². The highest BCUT2D eigenvalue weighted by molar-refractivity contribution is 14.0. The van der Waals surface area contributed by atoms with E-state index in [0.29, 0.717) is 31.1 Å². The number of hydrogen-bond donors (Lipinski definition) is 1. The van der Waals surface area contributed by atoms with Gasteiger partial charge in [0.2, 0.25) is 0 Å². The zero-order valence-electron chi connectivity index (χ0n) is 18.4. The van der Waals surface area contributed by atoms with Crippen molar-refractivity contribution in [2.24, 2.45) is 16.8 Å². The molecule has 0 bridgehead atoms. The molecule has 166 valence electrons. The lowest BCUT2D eigenvalue weighted by Crippen LogP contribution is -2.49. The number of benzene rings is 1. The average molecular weight is 525 g/mol. The van der Waals surface area contributed by atoms with Gasteiger partial charge in [0.25, 0.3) is 0 Å². The van der Waals surface area contributed by atoms with Gasteiger partial charge >= 0.3 is 0 Å². The summed E-state index contributed by atoms with van der Waals surface area (Å²) in [6.07, 6.45) is 7.02. The summed E-state index contributed by atoms with van der Waals surface area (Å²) in [6.45, 7) is 11.7. The van der Waals surface area contributed by atoms with Gasteiger partial charge in [0, 0.05) is 38.6 Å². The number of guanidine groups is 1. The lowest BCUT2D eigenvalue weighted by Gasteiger charge is -2.39. The van der Waals surface area contributed by atoms with Crippen LogP contribution in [0.2, 0.25) is 0 Å². The fourth-order valence-corrected chi connectivity index (χ4v) is 3.77. The molecule has 1 aromatic heterocycles. The highest BCUT2D eigenvalue weighted by atomic mass is 127. The number of aliphatic imine (C=N–C) groups is 1. The van der Waals surface area contributed by atoms with E-state index in [1.807, 2.05) is 30.7 Å². The molecule has 30 heavy (non-hydrogen) atoms. The van der Waals surface area contributed by atoms with Gasteiger partial charge in [0.1, 0.15) is 0 Å². The van der Waals surface area contributed by atoms with Crippen LogP contribution in [0.4, 0.5) is 0 Å². The summed E-state index contributed by atoms with van der Waals surface area (Å²) in [7, 11) is 0. The molecular formula is C23H36IN5O. The molecule has 0 radical (unpaired) electrons. The van der Waals surface area contributed by atoms with Crippen LogP contribution in [0.3, 0.4) is 0 Å². The molecule has 2 aromatic rings. The summed E-state index contributed by atoms with van der Waals surface area (Å²) in [5.41, 5.74) is 1.21. The van der Waals surface area contributed by atoms with Crippen molar-refractivity contribution in [3.8, 4) is 0 Å². The number of rotatable bonds is 8. The van der Waals surface area contributed by atoms with Gasteiger partial charge in [-0.15, -0.1) is 24.0 Å². The normalized spacial score (nSPS) is 20.5. The average Bonchev–Trinajstić information content (AvgIpc) is 3.27. The van der Waals surface area contributed by atoms with Crippen LogP contribution in [-0.2, 0) is 11.3 Å². The molecule has 0 aliphatic carbocycles. The minimum Gasteiger partial charge on any atom is -0.376 e. The van der Waals surface area contributed by atoms with Crippen molar-refractivity contribution in [1.82, 2.24) is 19.8 Å². The van der Waals surface area contributed by atoms with Crippen molar-refractivity contribution in [3.63, 3.8) is 0 Å². The van der Waals surface area contributed by atoms with Crippen molar-refractivity contribution < 1.29 is 4.74 Å². The van der Waals surface area contributed by atoms with Gasteiger partial charge in [-0.05, 0) is 30.7 Å². The second kappa shape index (κ2) is 12.9. The Balaban J connectivity index is 0.00000320. The monoisotopic (exact) mass is 525 g/mol. The maximum Gasteiger partial charge on any atom is 0.193 e. The molecule has 1 fully saturated rings. The van der Waals surface area contributed by atoms with Gasteiger partial charge < -0.3 is 19.5 Å². The molecule has 1 aromatic carbocycles. The molecule has 3 rings (SSSR count). The van der Waals surface area contributed by atoms with Gasteiger partial charge in [-0.3, -0.25) is 4.99 Å². The standard InChI is InChI=1S/C23H35N5O.HI/c1-4-25-23(26-14-19(2)16-29-17-21-8-6-5-7-9-21)27-12-10-20(3)22(15-27)28-13-11-24-18-28;/h5-9,11,13,18-20,22H,4,10,12,14-17H2,1-3H3,(H,25,26);1H. The fraction of sp³-hybridized carbons (Fsp3) is 0.565. The highest BCUT2D eigenvalue weighted by Crippen LogP contribution is 2.27. The number of hydrogen-bond acceptors (Lipinski definition) is 3. The molecule has 1 saturated heterocycles. The summed E-state index contributed by atoms with van der Waals surface area (Å²) in [6, 6.07) is 10.8. The van der Waals surface area contributed by atoms with Crippen LogP contribution in [0.15, 0.2) is 54.0 Å². The molecule has 1 N–H and O–H groups in total. The van der Waals surface area contributed by atoms with Crippen LogP contribution in [-0.4, -0.2) is 53.2 Å². The van der Waals surface area contributed by atoms with Crippen LogP contribution < -0.4 is 5.32 Å². The predicted molar refractivity (Wildman–Crippen MR) is 133 cm³/mol. The van der Waals surface area contributed by atoms with Crippen LogP contribution in [0.25, 0.3) is 0 Å². The van der Waals surface area contributed by atoms with Crippen molar-refractivity contribution in [1.29, 1.82) is 0 Å². The van der Waals surface area contributed by atoms with Gasteiger partial charge in [-0.2, -0.15) is 0 Å². The van der Waals surface area contributed by atoms with E-state index in [1.54, 1.807) is 0 Å². The SMILES string of the molecule is CCNC(=NCC(C)COCc1ccccc1)N1CCC(C)C(n2ccnc2)C1.I. The number of ether oxygens (including phenoxy) is 1. The number of likely N-dealkylation sites (tertiary alicyclic amines) is 1. The molecule has 1 aliphatic heterocycles. The fourth-order valence-electron chi connectivity index (χ4n) is 3.77. The zero-order chi connectivity index (χ0) is 20.5. The second-order valence-corrected chi connectivity index (χ2v) is 8.09. The zero-order valence-corrected chi connectivity index (χ0v) is 20.7. The second-order valence-electron chi connectivity index (χ2n) is 8.09. The minimum atomic E-state index is 0. The lowest BCUT2D eigenvalue weighted by atomic mass is 9.93. The number of halogens is 1. The predicted octanol–water partition coefficient (Wildman–Crippen LogP) is 4.20. The lowest BCUT2D eigenvalue weighted by molar-refractivity contribution is 0.0943. The van der Waals surface area contributed by atoms with Gasteiger partial charge in [0.05, 0.1) is 25.6 Å². The maximum absolute atomic E-state index is 5.89. The Morgan fingerprint density at radius 3 is 2.83 bits per heavy atom. The largest absolute Gasteiger partial charge is 0.376 e. The van der Waals surface area contributed by atoms with Gasteiger partial charge in [0.15, 0.2) is 5.96 Å². The summed E-state index contributed by atoms with van der Waals surface area (Å²) >= 11 is 0. The van der Waals surface area contributed by atoms with E-state index in [0.717, 1.165) is 38.6 Å². The van der Waals surface area contributed by atoms with E-state index in [9.17, 15) is 0 Å². The molecular weight excluding hydrogens is 489 g/mol. The number of piperidine rings is 1. The summed E-state index contributed by atoms with van der Waals surface area (Å²) in [4.78, 5) is 11.6. The first-order valence-corrected chi connectivity index (χ1v) is 10.8. The first kappa shape index (κ1) is 24.7. The van der Waals surface area contributed by atoms with Crippen LogP contribution in [0, 0.1) is 11.8 Å². The summed E-state index contributed by atoms with van der Waals surface area (Å²) < 4.78 is 8.12. The molecule has 0 amide bonds. The smallest absolute Gasteiger partial charge is 0.193 e. The maximum atomic E-state index is 5.89. The van der Waals surface area contributed by atoms with Crippen molar-refractivity contribution in [3.05, 3.63) is 54.6 Å². The topological polar surface area (TPSA) is 54.7 Å².